The zero-order chi connectivity index (χ0) is 14.5. The molecule has 0 unspecified atom stereocenters. The van der Waals surface area contributed by atoms with Crippen LogP contribution < -0.4 is 0 Å². The largest absolute Gasteiger partial charge is 0.469 e. The maximum Gasteiger partial charge on any atom is 0.306 e. The molecule has 1 heterocycles. The summed E-state index contributed by atoms with van der Waals surface area (Å²) in [5, 5.41) is 0. The van der Waals surface area contributed by atoms with E-state index in [1.54, 1.807) is 7.05 Å². The molecule has 1 saturated heterocycles. The summed E-state index contributed by atoms with van der Waals surface area (Å²) >= 11 is 0. The molecule has 7 nitrogen and oxygen atoms in total. The van der Waals surface area contributed by atoms with Crippen molar-refractivity contribution in [1.29, 1.82) is 0 Å². The predicted molar refractivity (Wildman–Crippen MR) is 69.8 cm³/mol. The second kappa shape index (κ2) is 7.18. The van der Waals surface area contributed by atoms with Crippen LogP contribution in [-0.2, 0) is 24.5 Å². The summed E-state index contributed by atoms with van der Waals surface area (Å²) in [6.45, 7) is 1.27. The summed E-state index contributed by atoms with van der Waals surface area (Å²) in [6.07, 6.45) is 1.44. The number of rotatable bonds is 6. The van der Waals surface area contributed by atoms with Gasteiger partial charge in [-0.2, -0.15) is 17.0 Å². The first-order chi connectivity index (χ1) is 8.89. The maximum absolute atomic E-state index is 12.3. The van der Waals surface area contributed by atoms with E-state index in [4.69, 9.17) is 4.74 Å². The van der Waals surface area contributed by atoms with Crippen molar-refractivity contribution >= 4 is 16.2 Å². The molecule has 1 aliphatic rings. The van der Waals surface area contributed by atoms with Crippen LogP contribution in [0.3, 0.4) is 0 Å². The number of carbonyl (C=O) groups is 1. The highest BCUT2D eigenvalue weighted by atomic mass is 32.2. The lowest BCUT2D eigenvalue weighted by Crippen LogP contribution is -2.47. The SMILES string of the molecule is COC(=O)CCN(C)S(=O)(=O)N(C)C1CCOCC1. The highest BCUT2D eigenvalue weighted by molar-refractivity contribution is 7.86. The summed E-state index contributed by atoms with van der Waals surface area (Å²) in [5.74, 6) is -0.421. The number of carbonyl (C=O) groups excluding carboxylic acids is 1. The van der Waals surface area contributed by atoms with E-state index in [1.165, 1.54) is 22.8 Å². The maximum atomic E-state index is 12.3. The fourth-order valence-corrected chi connectivity index (χ4v) is 3.27. The molecular weight excluding hydrogens is 272 g/mol. The lowest BCUT2D eigenvalue weighted by Gasteiger charge is -2.33. The van der Waals surface area contributed by atoms with E-state index in [2.05, 4.69) is 4.74 Å². The van der Waals surface area contributed by atoms with Crippen molar-refractivity contribution in [2.75, 3.05) is 41.0 Å². The van der Waals surface area contributed by atoms with Crippen LogP contribution in [0.4, 0.5) is 0 Å². The lowest BCUT2D eigenvalue weighted by atomic mass is 10.1. The molecular formula is C11H22N2O5S. The standard InChI is InChI=1S/C11H22N2O5S/c1-12(7-4-11(14)17-3)19(15,16)13(2)10-5-8-18-9-6-10/h10H,4-9H2,1-3H3. The van der Waals surface area contributed by atoms with E-state index in [9.17, 15) is 13.2 Å². The summed E-state index contributed by atoms with van der Waals surface area (Å²) in [5.41, 5.74) is 0. The Kier molecular flexibility index (Phi) is 6.18. The van der Waals surface area contributed by atoms with Crippen molar-refractivity contribution in [3.05, 3.63) is 0 Å². The van der Waals surface area contributed by atoms with Crippen LogP contribution >= 0.6 is 0 Å². The first-order valence-electron chi connectivity index (χ1n) is 6.23. The van der Waals surface area contributed by atoms with Crippen LogP contribution in [0.1, 0.15) is 19.3 Å². The van der Waals surface area contributed by atoms with Crippen molar-refractivity contribution in [3.8, 4) is 0 Å². The Hall–Kier alpha value is -0.700. The van der Waals surface area contributed by atoms with E-state index in [0.29, 0.717) is 26.1 Å². The van der Waals surface area contributed by atoms with Crippen LogP contribution in [0.5, 0.6) is 0 Å². The highest BCUT2D eigenvalue weighted by Gasteiger charge is 2.31. The van der Waals surface area contributed by atoms with Gasteiger partial charge in [-0.15, -0.1) is 0 Å². The predicted octanol–water partition coefficient (Wildman–Crippen LogP) is -0.163. The van der Waals surface area contributed by atoms with Gasteiger partial charge in [0, 0.05) is 39.9 Å². The molecule has 112 valence electrons. The Morgan fingerprint density at radius 2 is 1.89 bits per heavy atom. The van der Waals surface area contributed by atoms with Crippen LogP contribution in [0.2, 0.25) is 0 Å². The van der Waals surface area contributed by atoms with E-state index < -0.39 is 16.2 Å². The molecule has 1 aliphatic heterocycles. The second-order valence-electron chi connectivity index (χ2n) is 4.52. The number of methoxy groups -OCH3 is 1. The van der Waals surface area contributed by atoms with Gasteiger partial charge >= 0.3 is 5.97 Å². The van der Waals surface area contributed by atoms with Crippen molar-refractivity contribution in [2.24, 2.45) is 0 Å². The highest BCUT2D eigenvalue weighted by Crippen LogP contribution is 2.17. The molecule has 8 heteroatoms. The lowest BCUT2D eigenvalue weighted by molar-refractivity contribution is -0.140. The monoisotopic (exact) mass is 294 g/mol. The Morgan fingerprint density at radius 3 is 2.42 bits per heavy atom. The molecule has 1 fully saturated rings. The van der Waals surface area contributed by atoms with Gasteiger partial charge < -0.3 is 9.47 Å². The Morgan fingerprint density at radius 1 is 1.32 bits per heavy atom. The van der Waals surface area contributed by atoms with Gasteiger partial charge in [-0.05, 0) is 12.8 Å². The third-order valence-electron chi connectivity index (χ3n) is 3.32. The topological polar surface area (TPSA) is 76.2 Å². The third kappa shape index (κ3) is 4.41. The van der Waals surface area contributed by atoms with Crippen LogP contribution in [0.25, 0.3) is 0 Å². The average Bonchev–Trinajstić information content (AvgIpc) is 2.44. The summed E-state index contributed by atoms with van der Waals surface area (Å²) < 4.78 is 36.8. The van der Waals surface area contributed by atoms with Crippen molar-refractivity contribution in [1.82, 2.24) is 8.61 Å². The number of hydrogen-bond acceptors (Lipinski definition) is 5. The normalized spacial score (nSPS) is 17.9. The second-order valence-corrected chi connectivity index (χ2v) is 6.61. The van der Waals surface area contributed by atoms with Gasteiger partial charge in [0.05, 0.1) is 13.5 Å². The molecule has 1 rings (SSSR count). The van der Waals surface area contributed by atoms with Gasteiger partial charge in [-0.25, -0.2) is 0 Å². The van der Waals surface area contributed by atoms with Crippen molar-refractivity contribution in [3.63, 3.8) is 0 Å². The minimum absolute atomic E-state index is 0.0423. The Bertz CT molecular complexity index is 392. The first kappa shape index (κ1) is 16.4. The van der Waals surface area contributed by atoms with Gasteiger partial charge in [0.1, 0.15) is 0 Å². The quantitative estimate of drug-likeness (QED) is 0.636. The van der Waals surface area contributed by atoms with E-state index in [0.717, 1.165) is 0 Å². The smallest absolute Gasteiger partial charge is 0.306 e. The Balaban J connectivity index is 2.59. The number of ether oxygens (including phenoxy) is 2. The Labute approximate surface area is 114 Å². The van der Waals surface area contributed by atoms with Crippen molar-refractivity contribution in [2.45, 2.75) is 25.3 Å². The zero-order valence-corrected chi connectivity index (χ0v) is 12.5. The van der Waals surface area contributed by atoms with Gasteiger partial charge in [-0.3, -0.25) is 4.79 Å². The molecule has 0 bridgehead atoms. The first-order valence-corrected chi connectivity index (χ1v) is 7.63. The molecule has 19 heavy (non-hydrogen) atoms. The van der Waals surface area contributed by atoms with Crippen molar-refractivity contribution < 1.29 is 22.7 Å². The zero-order valence-electron chi connectivity index (χ0n) is 11.7. The minimum atomic E-state index is -3.54. The number of nitrogens with zero attached hydrogens (tertiary/aromatic N) is 2. The van der Waals surface area contributed by atoms with E-state index >= 15 is 0 Å². The molecule has 0 N–H and O–H groups in total. The van der Waals surface area contributed by atoms with E-state index in [1.807, 2.05) is 0 Å². The molecule has 0 atom stereocenters. The van der Waals surface area contributed by atoms with Crippen LogP contribution in [0.15, 0.2) is 0 Å². The minimum Gasteiger partial charge on any atom is -0.469 e. The van der Waals surface area contributed by atoms with Crippen LogP contribution in [-0.4, -0.2) is 70.0 Å². The van der Waals surface area contributed by atoms with Gasteiger partial charge in [-0.1, -0.05) is 0 Å². The molecule has 0 spiro atoms. The van der Waals surface area contributed by atoms with Gasteiger partial charge in [0.2, 0.25) is 0 Å². The average molecular weight is 294 g/mol. The molecule has 0 aromatic rings. The molecule has 0 radical (unpaired) electrons. The fraction of sp³-hybridized carbons (Fsp3) is 0.909. The molecule has 0 aromatic heterocycles. The molecule has 0 aliphatic carbocycles. The fourth-order valence-electron chi connectivity index (χ4n) is 1.92. The summed E-state index contributed by atoms with van der Waals surface area (Å²) in [6, 6.07) is -0.0423. The van der Waals surface area contributed by atoms with Gasteiger partial charge in [0.15, 0.2) is 0 Å². The third-order valence-corrected chi connectivity index (χ3v) is 5.32. The summed E-state index contributed by atoms with van der Waals surface area (Å²) in [4.78, 5) is 11.0. The molecule has 0 amide bonds. The summed E-state index contributed by atoms with van der Waals surface area (Å²) in [7, 11) is 0.779. The molecule has 0 aromatic carbocycles. The van der Waals surface area contributed by atoms with Crippen LogP contribution in [0, 0.1) is 0 Å². The van der Waals surface area contributed by atoms with Gasteiger partial charge in [0.25, 0.3) is 10.2 Å². The molecule has 0 saturated carbocycles. The number of hydrogen-bond donors (Lipinski definition) is 0. The number of esters is 1. The van der Waals surface area contributed by atoms with E-state index in [-0.39, 0.29) is 19.0 Å².